The van der Waals surface area contributed by atoms with Gasteiger partial charge in [0.15, 0.2) is 5.96 Å². The van der Waals surface area contributed by atoms with Crippen molar-refractivity contribution in [1.82, 2.24) is 4.31 Å². The van der Waals surface area contributed by atoms with Crippen molar-refractivity contribution in [3.63, 3.8) is 0 Å². The first-order valence-corrected chi connectivity index (χ1v) is 11.7. The first-order valence-electron chi connectivity index (χ1n) is 8.98. The molecule has 0 unspecified atom stereocenters. The average molecular weight is 548 g/mol. The molecule has 0 amide bonds. The van der Waals surface area contributed by atoms with Gasteiger partial charge in [-0.2, -0.15) is 11.8 Å². The monoisotopic (exact) mass is 548 g/mol. The number of rotatable bonds is 7. The molecule has 0 bridgehead atoms. The van der Waals surface area contributed by atoms with Crippen molar-refractivity contribution in [2.24, 2.45) is 10.7 Å². The van der Waals surface area contributed by atoms with Gasteiger partial charge in [0, 0.05) is 36.3 Å². The van der Waals surface area contributed by atoms with Crippen LogP contribution in [0.5, 0.6) is 11.5 Å². The quantitative estimate of drug-likeness (QED) is 0.314. The topological polar surface area (TPSA) is 97.0 Å². The molecule has 1 aliphatic heterocycles. The predicted molar refractivity (Wildman–Crippen MR) is 131 cm³/mol. The zero-order valence-electron chi connectivity index (χ0n) is 15.9. The van der Waals surface area contributed by atoms with Crippen LogP contribution < -0.4 is 15.8 Å². The Morgan fingerprint density at radius 2 is 1.79 bits per heavy atom. The Labute approximate surface area is 193 Å². The Hall–Kier alpha value is -1.50. The summed E-state index contributed by atoms with van der Waals surface area (Å²) in [5.41, 5.74) is 6.62. The molecule has 29 heavy (non-hydrogen) atoms. The molecule has 7 nitrogen and oxygen atoms in total. The van der Waals surface area contributed by atoms with Gasteiger partial charge in [0.2, 0.25) is 10.0 Å². The predicted octanol–water partition coefficient (Wildman–Crippen LogP) is 3.20. The maximum Gasteiger partial charge on any atom is 0.215 e. The summed E-state index contributed by atoms with van der Waals surface area (Å²) in [5, 5.41) is 2.97. The van der Waals surface area contributed by atoms with Crippen LogP contribution in [0.4, 0.5) is 5.69 Å². The van der Waals surface area contributed by atoms with Crippen LogP contribution in [0, 0.1) is 0 Å². The van der Waals surface area contributed by atoms with Crippen LogP contribution >= 0.6 is 35.7 Å². The fourth-order valence-corrected chi connectivity index (χ4v) is 5.14. The van der Waals surface area contributed by atoms with Gasteiger partial charge >= 0.3 is 0 Å². The van der Waals surface area contributed by atoms with Crippen LogP contribution in [0.1, 0.15) is 0 Å². The highest BCUT2D eigenvalue weighted by molar-refractivity contribution is 14.0. The number of nitrogens with zero attached hydrogens (tertiary/aromatic N) is 2. The highest BCUT2D eigenvalue weighted by atomic mass is 127. The number of hydrogen-bond donors (Lipinski definition) is 2. The Balaban J connectivity index is 0.00000300. The maximum atomic E-state index is 12.3. The summed E-state index contributed by atoms with van der Waals surface area (Å²) in [4.78, 5) is 4.14. The Kier molecular flexibility index (Phi) is 9.53. The number of thioether (sulfide) groups is 1. The van der Waals surface area contributed by atoms with Gasteiger partial charge in [-0.25, -0.2) is 12.7 Å². The van der Waals surface area contributed by atoms with Crippen molar-refractivity contribution in [1.29, 1.82) is 0 Å². The zero-order valence-corrected chi connectivity index (χ0v) is 19.8. The van der Waals surface area contributed by atoms with Crippen molar-refractivity contribution in [2.45, 2.75) is 0 Å². The van der Waals surface area contributed by atoms with Gasteiger partial charge in [-0.1, -0.05) is 24.3 Å². The van der Waals surface area contributed by atoms with Gasteiger partial charge in [0.05, 0.1) is 12.3 Å². The number of sulfonamides is 1. The smallest absolute Gasteiger partial charge is 0.215 e. The molecule has 3 N–H and O–H groups in total. The summed E-state index contributed by atoms with van der Waals surface area (Å²) >= 11 is 1.77. The third-order valence-corrected chi connectivity index (χ3v) is 6.87. The van der Waals surface area contributed by atoms with Crippen LogP contribution in [0.25, 0.3) is 0 Å². The average Bonchev–Trinajstić information content (AvgIpc) is 2.69. The van der Waals surface area contributed by atoms with E-state index in [9.17, 15) is 8.42 Å². The maximum absolute atomic E-state index is 12.3. The summed E-state index contributed by atoms with van der Waals surface area (Å²) < 4.78 is 31.9. The minimum atomic E-state index is -3.28. The van der Waals surface area contributed by atoms with Crippen LogP contribution in [-0.4, -0.2) is 55.6 Å². The van der Waals surface area contributed by atoms with E-state index >= 15 is 0 Å². The summed E-state index contributed by atoms with van der Waals surface area (Å²) in [6.45, 7) is 1.25. The number of nitrogens with two attached hydrogens (primary N) is 1. The van der Waals surface area contributed by atoms with Crippen LogP contribution in [0.15, 0.2) is 59.6 Å². The molecule has 1 fully saturated rings. The fourth-order valence-electron chi connectivity index (χ4n) is 2.68. The van der Waals surface area contributed by atoms with Crippen molar-refractivity contribution in [3.05, 3.63) is 54.6 Å². The number of hydrogen-bond acceptors (Lipinski definition) is 5. The lowest BCUT2D eigenvalue weighted by Gasteiger charge is -2.25. The zero-order chi connectivity index (χ0) is 19.8. The molecule has 158 valence electrons. The Morgan fingerprint density at radius 1 is 1.10 bits per heavy atom. The molecule has 2 aromatic carbocycles. The summed E-state index contributed by atoms with van der Waals surface area (Å²) in [5.74, 6) is 3.21. The Bertz CT molecular complexity index is 905. The van der Waals surface area contributed by atoms with Gasteiger partial charge in [-0.15, -0.1) is 24.0 Å². The van der Waals surface area contributed by atoms with E-state index in [0.29, 0.717) is 24.5 Å². The molecular weight excluding hydrogens is 523 g/mol. The molecule has 1 aliphatic rings. The number of guanidine groups is 1. The summed E-state index contributed by atoms with van der Waals surface area (Å²) in [6, 6.07) is 16.8. The third kappa shape index (κ3) is 7.68. The molecule has 0 atom stereocenters. The van der Waals surface area contributed by atoms with Gasteiger partial charge in [-0.05, 0) is 24.3 Å². The highest BCUT2D eigenvalue weighted by Crippen LogP contribution is 2.23. The lowest BCUT2D eigenvalue weighted by atomic mass is 10.3. The second kappa shape index (κ2) is 11.6. The van der Waals surface area contributed by atoms with E-state index in [4.69, 9.17) is 10.5 Å². The van der Waals surface area contributed by atoms with Crippen molar-refractivity contribution in [3.8, 4) is 11.5 Å². The van der Waals surface area contributed by atoms with Gasteiger partial charge < -0.3 is 15.8 Å². The number of nitrogens with one attached hydrogen (secondary N) is 1. The number of para-hydroxylation sites is 1. The lowest BCUT2D eigenvalue weighted by molar-refractivity contribution is 0.444. The molecule has 0 spiro atoms. The fraction of sp³-hybridized carbons (Fsp3) is 0.316. The molecule has 0 saturated carbocycles. The standard InChI is InChI=1S/C19H24N4O3S2.HI/c20-19(21-9-14-28(24,25)23-10-12-27-13-11-23)22-16-5-4-8-18(15-16)26-17-6-2-1-3-7-17;/h1-8,15H,9-14H2,(H3,20,21,22);1H. The van der Waals surface area contributed by atoms with E-state index in [2.05, 4.69) is 10.3 Å². The van der Waals surface area contributed by atoms with Gasteiger partial charge in [0.25, 0.3) is 0 Å². The number of anilines is 1. The number of halogens is 1. The molecule has 0 aromatic heterocycles. The van der Waals surface area contributed by atoms with E-state index < -0.39 is 10.0 Å². The first-order chi connectivity index (χ1) is 13.5. The largest absolute Gasteiger partial charge is 0.457 e. The van der Waals surface area contributed by atoms with Crippen LogP contribution in [0.3, 0.4) is 0 Å². The number of benzene rings is 2. The van der Waals surface area contributed by atoms with Gasteiger partial charge in [-0.3, -0.25) is 4.99 Å². The SMILES string of the molecule is I.NC(=NCCS(=O)(=O)N1CCSCC1)Nc1cccc(Oc2ccccc2)c1. The van der Waals surface area contributed by atoms with E-state index in [-0.39, 0.29) is 42.2 Å². The number of aliphatic imine (C=N–C) groups is 1. The number of ether oxygens (including phenoxy) is 1. The Morgan fingerprint density at radius 3 is 2.52 bits per heavy atom. The molecule has 3 rings (SSSR count). The van der Waals surface area contributed by atoms with Crippen molar-refractivity contribution < 1.29 is 13.2 Å². The third-order valence-electron chi connectivity index (χ3n) is 4.08. The van der Waals surface area contributed by atoms with Crippen molar-refractivity contribution in [2.75, 3.05) is 42.2 Å². The lowest BCUT2D eigenvalue weighted by Crippen LogP contribution is -2.40. The van der Waals surface area contributed by atoms with Crippen molar-refractivity contribution >= 4 is 57.4 Å². The second-order valence-electron chi connectivity index (χ2n) is 6.16. The molecule has 0 radical (unpaired) electrons. The normalized spacial score (nSPS) is 15.4. The molecule has 2 aromatic rings. The summed E-state index contributed by atoms with van der Waals surface area (Å²) in [7, 11) is -3.28. The molecular formula is C19H25IN4O3S2. The van der Waals surface area contributed by atoms with Crippen LogP contribution in [-0.2, 0) is 10.0 Å². The minimum absolute atomic E-state index is 0. The van der Waals surface area contributed by atoms with E-state index in [0.717, 1.165) is 17.3 Å². The summed E-state index contributed by atoms with van der Waals surface area (Å²) in [6.07, 6.45) is 0. The first kappa shape index (κ1) is 23.8. The van der Waals surface area contributed by atoms with E-state index in [1.807, 2.05) is 48.5 Å². The second-order valence-corrected chi connectivity index (χ2v) is 9.48. The molecule has 1 heterocycles. The van der Waals surface area contributed by atoms with Crippen LogP contribution in [0.2, 0.25) is 0 Å². The van der Waals surface area contributed by atoms with Gasteiger partial charge in [0.1, 0.15) is 11.5 Å². The van der Waals surface area contributed by atoms with E-state index in [1.54, 1.807) is 17.8 Å². The highest BCUT2D eigenvalue weighted by Gasteiger charge is 2.23. The minimum Gasteiger partial charge on any atom is -0.457 e. The van der Waals surface area contributed by atoms with E-state index in [1.165, 1.54) is 4.31 Å². The molecule has 0 aliphatic carbocycles. The molecule has 10 heteroatoms. The molecule has 1 saturated heterocycles.